The van der Waals surface area contributed by atoms with Gasteiger partial charge in [-0.25, -0.2) is 5.43 Å². The Bertz CT molecular complexity index is 657. The highest BCUT2D eigenvalue weighted by Crippen LogP contribution is 2.11. The molecule has 2 aromatic rings. The van der Waals surface area contributed by atoms with Crippen LogP contribution in [0.1, 0.15) is 27.3 Å². The number of amides is 1. The fourth-order valence-electron chi connectivity index (χ4n) is 1.84. The fourth-order valence-corrected chi connectivity index (χ4v) is 1.97. The van der Waals surface area contributed by atoms with Gasteiger partial charge in [0.15, 0.2) is 0 Å². The molecule has 0 unspecified atom stereocenters. The molecule has 104 valence electrons. The minimum atomic E-state index is -0.261. The van der Waals surface area contributed by atoms with Gasteiger partial charge in [-0.15, -0.1) is 0 Å². The number of nitrogens with zero attached hydrogens (tertiary/aromatic N) is 2. The van der Waals surface area contributed by atoms with Crippen LogP contribution in [0, 0.1) is 13.8 Å². The molecule has 0 spiro atoms. The van der Waals surface area contributed by atoms with Crippen molar-refractivity contribution in [2.45, 2.75) is 13.8 Å². The van der Waals surface area contributed by atoms with Gasteiger partial charge in [0.2, 0.25) is 0 Å². The Balaban J connectivity index is 2.04. The third-order valence-corrected chi connectivity index (χ3v) is 3.54. The Kier molecular flexibility index (Phi) is 4.25. The Labute approximate surface area is 123 Å². The van der Waals surface area contributed by atoms with Gasteiger partial charge >= 0.3 is 0 Å². The van der Waals surface area contributed by atoms with Crippen LogP contribution in [0.15, 0.2) is 35.4 Å². The number of carbonyl (C=O) groups excluding carboxylic acids is 1. The quantitative estimate of drug-likeness (QED) is 0.685. The molecule has 0 saturated heterocycles. The van der Waals surface area contributed by atoms with Crippen LogP contribution in [0.2, 0.25) is 5.02 Å². The van der Waals surface area contributed by atoms with E-state index in [-0.39, 0.29) is 5.91 Å². The Morgan fingerprint density at radius 1 is 1.30 bits per heavy atom. The smallest absolute Gasteiger partial charge is 0.271 e. The van der Waals surface area contributed by atoms with Crippen molar-refractivity contribution in [3.8, 4) is 0 Å². The molecule has 20 heavy (non-hydrogen) atoms. The van der Waals surface area contributed by atoms with Gasteiger partial charge in [-0.1, -0.05) is 11.6 Å². The van der Waals surface area contributed by atoms with Gasteiger partial charge < -0.3 is 4.57 Å². The third-order valence-electron chi connectivity index (χ3n) is 3.29. The predicted molar refractivity (Wildman–Crippen MR) is 81.4 cm³/mol. The second-order valence-corrected chi connectivity index (χ2v) is 5.03. The molecule has 1 N–H and O–H groups in total. The highest BCUT2D eigenvalue weighted by molar-refractivity contribution is 6.30. The van der Waals surface area contributed by atoms with Gasteiger partial charge in [0, 0.05) is 34.6 Å². The first kappa shape index (κ1) is 14.3. The maximum Gasteiger partial charge on any atom is 0.271 e. The van der Waals surface area contributed by atoms with E-state index in [0.717, 1.165) is 17.0 Å². The summed E-state index contributed by atoms with van der Waals surface area (Å²) in [5, 5.41) is 4.58. The zero-order valence-electron chi connectivity index (χ0n) is 11.6. The van der Waals surface area contributed by atoms with E-state index in [1.165, 1.54) is 0 Å². The number of aromatic nitrogens is 1. The summed E-state index contributed by atoms with van der Waals surface area (Å²) in [6.45, 7) is 4.03. The summed E-state index contributed by atoms with van der Waals surface area (Å²) in [5.41, 5.74) is 6.26. The first-order valence-corrected chi connectivity index (χ1v) is 6.58. The highest BCUT2D eigenvalue weighted by Gasteiger charge is 2.05. The molecule has 1 aromatic heterocycles. The Hall–Kier alpha value is -2.07. The van der Waals surface area contributed by atoms with E-state index in [2.05, 4.69) is 15.1 Å². The third kappa shape index (κ3) is 3.08. The predicted octanol–water partition coefficient (Wildman–Crippen LogP) is 3.06. The molecule has 2 rings (SSSR count). The van der Waals surface area contributed by atoms with Crippen molar-refractivity contribution in [3.05, 3.63) is 57.9 Å². The molecule has 1 heterocycles. The van der Waals surface area contributed by atoms with E-state index in [0.29, 0.717) is 10.6 Å². The number of benzene rings is 1. The van der Waals surface area contributed by atoms with Crippen LogP contribution in [0.3, 0.4) is 0 Å². The number of halogens is 1. The molecule has 0 saturated carbocycles. The van der Waals surface area contributed by atoms with E-state index >= 15 is 0 Å². The van der Waals surface area contributed by atoms with Gasteiger partial charge in [-0.2, -0.15) is 5.10 Å². The molecule has 4 nitrogen and oxygen atoms in total. The van der Waals surface area contributed by atoms with Crippen LogP contribution in [0.25, 0.3) is 0 Å². The zero-order chi connectivity index (χ0) is 14.7. The average Bonchev–Trinajstić information content (AvgIpc) is 2.67. The van der Waals surface area contributed by atoms with Gasteiger partial charge in [0.05, 0.1) is 6.21 Å². The van der Waals surface area contributed by atoms with Crippen molar-refractivity contribution in [1.29, 1.82) is 0 Å². The Morgan fingerprint density at radius 3 is 2.50 bits per heavy atom. The van der Waals surface area contributed by atoms with Gasteiger partial charge in [0.25, 0.3) is 5.91 Å². The van der Waals surface area contributed by atoms with Crippen LogP contribution >= 0.6 is 11.6 Å². The lowest BCUT2D eigenvalue weighted by atomic mass is 10.2. The second-order valence-electron chi connectivity index (χ2n) is 4.59. The molecule has 1 aromatic carbocycles. The van der Waals surface area contributed by atoms with Crippen LogP contribution < -0.4 is 5.43 Å². The maximum absolute atomic E-state index is 11.8. The number of hydrogen-bond donors (Lipinski definition) is 1. The molecule has 0 bridgehead atoms. The lowest BCUT2D eigenvalue weighted by Crippen LogP contribution is -2.17. The molecule has 1 amide bonds. The monoisotopic (exact) mass is 289 g/mol. The summed E-state index contributed by atoms with van der Waals surface area (Å²) < 4.78 is 2.07. The van der Waals surface area contributed by atoms with Crippen LogP contribution in [-0.2, 0) is 7.05 Å². The first-order valence-electron chi connectivity index (χ1n) is 6.21. The second kappa shape index (κ2) is 5.92. The summed E-state index contributed by atoms with van der Waals surface area (Å²) in [7, 11) is 1.99. The normalized spacial score (nSPS) is 11.0. The summed E-state index contributed by atoms with van der Waals surface area (Å²) in [6.07, 6.45) is 1.65. The largest absolute Gasteiger partial charge is 0.352 e. The van der Waals surface area contributed by atoms with E-state index in [1.54, 1.807) is 30.5 Å². The topological polar surface area (TPSA) is 46.4 Å². The Morgan fingerprint density at radius 2 is 1.95 bits per heavy atom. The number of carbonyl (C=O) groups is 1. The maximum atomic E-state index is 11.8. The standard InChI is InChI=1S/C15H16ClN3O/c1-10-8-13(11(2)19(10)3)9-17-18-15(20)12-4-6-14(16)7-5-12/h4-9H,1-3H3,(H,18,20)/b17-9-. The molecule has 0 aliphatic rings. The average molecular weight is 290 g/mol. The highest BCUT2D eigenvalue weighted by atomic mass is 35.5. The molecule has 0 fully saturated rings. The molecule has 0 aliphatic carbocycles. The van der Waals surface area contributed by atoms with Crippen molar-refractivity contribution >= 4 is 23.7 Å². The number of nitrogens with one attached hydrogen (secondary N) is 1. The molecule has 0 radical (unpaired) electrons. The number of hydrazone groups is 1. The molecule has 5 heteroatoms. The molecular formula is C15H16ClN3O. The van der Waals surface area contributed by atoms with E-state index in [1.807, 2.05) is 27.0 Å². The van der Waals surface area contributed by atoms with Gasteiger partial charge in [-0.3, -0.25) is 4.79 Å². The fraction of sp³-hybridized carbons (Fsp3) is 0.200. The van der Waals surface area contributed by atoms with Crippen LogP contribution in [-0.4, -0.2) is 16.7 Å². The van der Waals surface area contributed by atoms with Gasteiger partial charge in [-0.05, 0) is 44.2 Å². The number of rotatable bonds is 3. The molecule has 0 atom stereocenters. The summed E-state index contributed by atoms with van der Waals surface area (Å²) in [4.78, 5) is 11.8. The van der Waals surface area contributed by atoms with E-state index in [9.17, 15) is 4.79 Å². The molecular weight excluding hydrogens is 274 g/mol. The van der Waals surface area contributed by atoms with Crippen molar-refractivity contribution < 1.29 is 4.79 Å². The van der Waals surface area contributed by atoms with Crippen molar-refractivity contribution in [1.82, 2.24) is 9.99 Å². The van der Waals surface area contributed by atoms with E-state index < -0.39 is 0 Å². The lowest BCUT2D eigenvalue weighted by Gasteiger charge is -2.00. The number of hydrogen-bond acceptors (Lipinski definition) is 2. The lowest BCUT2D eigenvalue weighted by molar-refractivity contribution is 0.0955. The summed E-state index contributed by atoms with van der Waals surface area (Å²) in [6, 6.07) is 8.68. The van der Waals surface area contributed by atoms with Crippen LogP contribution in [0.5, 0.6) is 0 Å². The van der Waals surface area contributed by atoms with Crippen LogP contribution in [0.4, 0.5) is 0 Å². The SMILES string of the molecule is Cc1cc(/C=N\NC(=O)c2ccc(Cl)cc2)c(C)n1C. The zero-order valence-corrected chi connectivity index (χ0v) is 12.4. The van der Waals surface area contributed by atoms with Crippen molar-refractivity contribution in [2.24, 2.45) is 12.1 Å². The number of aryl methyl sites for hydroxylation is 1. The summed E-state index contributed by atoms with van der Waals surface area (Å²) in [5.74, 6) is -0.261. The first-order chi connectivity index (χ1) is 9.49. The van der Waals surface area contributed by atoms with Gasteiger partial charge in [0.1, 0.15) is 0 Å². The van der Waals surface area contributed by atoms with Crippen molar-refractivity contribution in [2.75, 3.05) is 0 Å². The minimum Gasteiger partial charge on any atom is -0.352 e. The van der Waals surface area contributed by atoms with E-state index in [4.69, 9.17) is 11.6 Å². The van der Waals surface area contributed by atoms with Crippen molar-refractivity contribution in [3.63, 3.8) is 0 Å². The molecule has 0 aliphatic heterocycles. The summed E-state index contributed by atoms with van der Waals surface area (Å²) >= 11 is 5.77. The minimum absolute atomic E-state index is 0.261.